The van der Waals surface area contributed by atoms with Gasteiger partial charge in [-0.2, -0.15) is 0 Å². The summed E-state index contributed by atoms with van der Waals surface area (Å²) < 4.78 is 14.6. The van der Waals surface area contributed by atoms with E-state index in [0.717, 1.165) is 0 Å². The quantitative estimate of drug-likeness (QED) is 0.202. The van der Waals surface area contributed by atoms with Crippen LogP contribution in [0, 0.1) is 41.7 Å². The zero-order valence-electron chi connectivity index (χ0n) is 19.9. The molecule has 16 heteroatoms. The van der Waals surface area contributed by atoms with Gasteiger partial charge in [-0.05, 0) is 54.6 Å². The number of carbonyl (C=O) groups is 3. The topological polar surface area (TPSA) is 140 Å². The molecule has 0 fully saturated rings. The summed E-state index contributed by atoms with van der Waals surface area (Å²) in [6.07, 6.45) is 0. The average molecular weight is 803 g/mol. The van der Waals surface area contributed by atoms with Gasteiger partial charge in [0.1, 0.15) is 17.2 Å². The van der Waals surface area contributed by atoms with Gasteiger partial charge >= 0.3 is 17.9 Å². The Morgan fingerprint density at radius 1 is 0.500 bits per heavy atom. The number of aliphatic carboxylic acids is 3. The number of hydrogen-bond acceptors (Lipinski definition) is 6. The van der Waals surface area contributed by atoms with E-state index in [2.05, 4.69) is 0 Å². The molecule has 3 aromatic carbocycles. The molecule has 0 heterocycles. The van der Waals surface area contributed by atoms with Crippen molar-refractivity contribution in [1.82, 2.24) is 0 Å². The Morgan fingerprint density at radius 2 is 0.725 bits per heavy atom. The summed E-state index contributed by atoms with van der Waals surface area (Å²) in [4.78, 5) is 30.5. The molecule has 0 radical (unpaired) electrons. The monoisotopic (exact) mass is 800 g/mol. The largest absolute Gasteiger partial charge is 0.480 e. The molecule has 0 unspecified atom stereocenters. The molecule has 3 rings (SSSR count). The molecule has 0 saturated carbocycles. The maximum absolute atomic E-state index is 10.2. The number of ether oxygens (including phenoxy) is 3. The molecule has 0 aliphatic rings. The fourth-order valence-corrected chi connectivity index (χ4v) is 3.58. The summed E-state index contributed by atoms with van der Waals surface area (Å²) >= 11 is 34.0. The SMILES string of the molecule is O=C(O)COc1ccc(Cl)cc1Cl.O=C(O)COc1ccc(Cl)cc1Cl.O=C(O)COc1ccc(Cl)cc1Cl.[Ce]. The van der Waals surface area contributed by atoms with Gasteiger partial charge in [-0.25, -0.2) is 14.4 Å². The van der Waals surface area contributed by atoms with E-state index in [4.69, 9.17) is 99.1 Å². The van der Waals surface area contributed by atoms with Crippen molar-refractivity contribution < 1.29 is 85.7 Å². The molecule has 40 heavy (non-hydrogen) atoms. The second-order valence-corrected chi connectivity index (χ2v) is 9.30. The van der Waals surface area contributed by atoms with Crippen molar-refractivity contribution in [2.24, 2.45) is 0 Å². The predicted octanol–water partition coefficient (Wildman–Crippen LogP) is 7.37. The van der Waals surface area contributed by atoms with Gasteiger partial charge in [0.25, 0.3) is 0 Å². The van der Waals surface area contributed by atoms with Crippen LogP contribution in [-0.4, -0.2) is 53.0 Å². The van der Waals surface area contributed by atoms with Crippen molar-refractivity contribution in [3.05, 3.63) is 84.7 Å². The first-order valence-electron chi connectivity index (χ1n) is 10.2. The molecule has 0 aliphatic heterocycles. The van der Waals surface area contributed by atoms with Crippen molar-refractivity contribution in [2.45, 2.75) is 0 Å². The molecule has 214 valence electrons. The zero-order valence-corrected chi connectivity index (χ0v) is 27.6. The van der Waals surface area contributed by atoms with Crippen molar-refractivity contribution in [3.8, 4) is 17.2 Å². The molecule has 3 N–H and O–H groups in total. The zero-order chi connectivity index (χ0) is 29.5. The summed E-state index contributed by atoms with van der Waals surface area (Å²) in [7, 11) is 0. The molecular weight excluding hydrogens is 785 g/mol. The Bertz CT molecular complexity index is 1140. The van der Waals surface area contributed by atoms with Gasteiger partial charge in [0.2, 0.25) is 0 Å². The Labute approximate surface area is 292 Å². The van der Waals surface area contributed by atoms with E-state index in [-0.39, 0.29) is 41.7 Å². The van der Waals surface area contributed by atoms with Crippen molar-refractivity contribution in [3.63, 3.8) is 0 Å². The van der Waals surface area contributed by atoms with Gasteiger partial charge in [0.05, 0.1) is 15.1 Å². The molecule has 0 aliphatic carbocycles. The van der Waals surface area contributed by atoms with Crippen LogP contribution in [-0.2, 0) is 14.4 Å². The second-order valence-electron chi connectivity index (χ2n) is 6.77. The number of halogens is 6. The maximum Gasteiger partial charge on any atom is 0.341 e. The van der Waals surface area contributed by atoms with E-state index in [1.165, 1.54) is 36.4 Å². The summed E-state index contributed by atoms with van der Waals surface area (Å²) in [5, 5.41) is 27.3. The molecule has 0 aromatic heterocycles. The Morgan fingerprint density at radius 3 is 0.900 bits per heavy atom. The van der Waals surface area contributed by atoms with Crippen LogP contribution in [0.5, 0.6) is 17.2 Å². The minimum Gasteiger partial charge on any atom is -0.480 e. The second kappa shape index (κ2) is 20.5. The molecule has 0 saturated heterocycles. The number of hydrogen-bond donors (Lipinski definition) is 3. The predicted molar refractivity (Wildman–Crippen MR) is 149 cm³/mol. The van der Waals surface area contributed by atoms with Crippen LogP contribution in [0.1, 0.15) is 0 Å². The third-order valence-electron chi connectivity index (χ3n) is 3.74. The van der Waals surface area contributed by atoms with E-state index in [1.54, 1.807) is 18.2 Å². The summed E-state index contributed by atoms with van der Waals surface area (Å²) in [5.74, 6) is -2.21. The molecule has 0 bridgehead atoms. The van der Waals surface area contributed by atoms with Crippen LogP contribution < -0.4 is 14.2 Å². The Hall–Kier alpha value is -1.41. The molecule has 9 nitrogen and oxygen atoms in total. The smallest absolute Gasteiger partial charge is 0.341 e. The first-order chi connectivity index (χ1) is 18.3. The van der Waals surface area contributed by atoms with Gasteiger partial charge in [-0.1, -0.05) is 69.6 Å². The van der Waals surface area contributed by atoms with Gasteiger partial charge in [0.15, 0.2) is 19.8 Å². The number of benzene rings is 3. The van der Waals surface area contributed by atoms with Crippen LogP contribution in [0.2, 0.25) is 30.1 Å². The van der Waals surface area contributed by atoms with Crippen LogP contribution >= 0.6 is 69.6 Å². The van der Waals surface area contributed by atoms with Gasteiger partial charge in [-0.15, -0.1) is 0 Å². The third-order valence-corrected chi connectivity index (χ3v) is 5.33. The van der Waals surface area contributed by atoms with E-state index >= 15 is 0 Å². The molecule has 0 amide bonds. The molecule has 0 atom stereocenters. The molecular formula is C24H18CeCl6O9. The minimum atomic E-state index is -1.05. The van der Waals surface area contributed by atoms with Gasteiger partial charge < -0.3 is 29.5 Å². The molecule has 0 spiro atoms. The first kappa shape index (κ1) is 38.6. The van der Waals surface area contributed by atoms with E-state index in [1.807, 2.05) is 0 Å². The van der Waals surface area contributed by atoms with Crippen molar-refractivity contribution in [1.29, 1.82) is 0 Å². The van der Waals surface area contributed by atoms with Crippen LogP contribution in [0.4, 0.5) is 0 Å². The van der Waals surface area contributed by atoms with Crippen molar-refractivity contribution >= 4 is 87.5 Å². The Kier molecular flexibility index (Phi) is 19.7. The van der Waals surface area contributed by atoms with Gasteiger partial charge in [0, 0.05) is 56.8 Å². The Balaban J connectivity index is 0.000000563. The number of rotatable bonds is 9. The number of carboxylic acid groups (broad SMARTS) is 3. The maximum atomic E-state index is 10.2. The number of carboxylic acids is 3. The van der Waals surface area contributed by atoms with Crippen LogP contribution in [0.25, 0.3) is 0 Å². The van der Waals surface area contributed by atoms with Crippen LogP contribution in [0.15, 0.2) is 54.6 Å². The summed E-state index contributed by atoms with van der Waals surface area (Å²) in [6.45, 7) is -1.25. The minimum absolute atomic E-state index is 0. The summed E-state index contributed by atoms with van der Waals surface area (Å²) in [6, 6.07) is 13.7. The van der Waals surface area contributed by atoms with E-state index < -0.39 is 37.7 Å². The average Bonchev–Trinajstić information content (AvgIpc) is 2.83. The van der Waals surface area contributed by atoms with E-state index in [0.29, 0.717) is 47.4 Å². The van der Waals surface area contributed by atoms with Crippen LogP contribution in [0.3, 0.4) is 0 Å². The van der Waals surface area contributed by atoms with Crippen molar-refractivity contribution in [2.75, 3.05) is 19.8 Å². The first-order valence-corrected chi connectivity index (χ1v) is 12.4. The van der Waals surface area contributed by atoms with E-state index in [9.17, 15) is 14.4 Å². The fraction of sp³-hybridized carbons (Fsp3) is 0.125. The fourth-order valence-electron chi connectivity index (χ4n) is 2.20. The third kappa shape index (κ3) is 16.8. The molecule has 3 aromatic rings. The summed E-state index contributed by atoms with van der Waals surface area (Å²) in [5.41, 5.74) is 0. The standard InChI is InChI=1S/3C8H6Cl2O3.Ce/c3*9-5-1-2-7(6(10)3-5)13-4-8(11)12;/h3*1-3H,4H2,(H,11,12);. The normalized spacial score (nSPS) is 9.45. The van der Waals surface area contributed by atoms with Gasteiger partial charge in [-0.3, -0.25) is 0 Å².